The highest BCUT2D eigenvalue weighted by molar-refractivity contribution is 7.21. The maximum absolute atomic E-state index is 12.7. The molecule has 7 heteroatoms. The smallest absolute Gasteiger partial charge is 0.269 e. The van der Waals surface area contributed by atoms with Crippen molar-refractivity contribution in [1.29, 1.82) is 0 Å². The average Bonchev–Trinajstić information content (AvgIpc) is 3.27. The van der Waals surface area contributed by atoms with Crippen LogP contribution in [0.5, 0.6) is 0 Å². The first kappa shape index (κ1) is 17.6. The van der Waals surface area contributed by atoms with Crippen LogP contribution in [0.3, 0.4) is 0 Å². The highest BCUT2D eigenvalue weighted by atomic mass is 32.1. The first-order valence-electron chi connectivity index (χ1n) is 8.66. The van der Waals surface area contributed by atoms with Crippen molar-refractivity contribution in [2.75, 3.05) is 11.1 Å². The number of nitrogens with zero attached hydrogens (tertiary/aromatic N) is 2. The third kappa shape index (κ3) is 3.56. The molecule has 27 heavy (non-hydrogen) atoms. The summed E-state index contributed by atoms with van der Waals surface area (Å²) >= 11 is 2.72. The third-order valence-electron chi connectivity index (χ3n) is 4.16. The lowest BCUT2D eigenvalue weighted by atomic mass is 10.2. The maximum Gasteiger partial charge on any atom is 0.269 e. The van der Waals surface area contributed by atoms with E-state index in [9.17, 15) is 4.79 Å². The number of carbonyl (C=O) groups excluding carboxylic acids is 1. The van der Waals surface area contributed by atoms with Crippen LogP contribution in [0.25, 0.3) is 21.5 Å². The Kier molecular flexibility index (Phi) is 4.87. The Hall–Kier alpha value is -2.77. The second kappa shape index (κ2) is 7.46. The first-order valence-corrected chi connectivity index (χ1v) is 10.4. The van der Waals surface area contributed by atoms with Gasteiger partial charge in [-0.25, -0.2) is 9.97 Å². The minimum atomic E-state index is -0.249. The summed E-state index contributed by atoms with van der Waals surface area (Å²) in [6.07, 6.45) is 1.94. The summed E-state index contributed by atoms with van der Waals surface area (Å²) < 4.78 is 0. The molecule has 3 heterocycles. The standard InChI is InChI=1S/C20H18N4OS2/c1-2-6-13-9-10-14-16(21)17(27-19(14)22-13)18(25)24-20-23-15(11-26-20)12-7-4-3-5-8-12/h3-5,7-11H,2,6,21H2,1H3,(H,23,24,25). The summed E-state index contributed by atoms with van der Waals surface area (Å²) in [5.74, 6) is -0.249. The Morgan fingerprint density at radius 3 is 2.74 bits per heavy atom. The van der Waals surface area contributed by atoms with E-state index in [0.717, 1.165) is 40.0 Å². The highest BCUT2D eigenvalue weighted by Gasteiger charge is 2.19. The van der Waals surface area contributed by atoms with Gasteiger partial charge < -0.3 is 5.73 Å². The predicted octanol–water partition coefficient (Wildman–Crippen LogP) is 5.21. The number of nitrogens with two attached hydrogens (primary N) is 1. The van der Waals surface area contributed by atoms with Gasteiger partial charge in [-0.05, 0) is 18.6 Å². The van der Waals surface area contributed by atoms with Crippen molar-refractivity contribution in [2.45, 2.75) is 19.8 Å². The van der Waals surface area contributed by atoms with Gasteiger partial charge in [0, 0.05) is 22.0 Å². The minimum Gasteiger partial charge on any atom is -0.397 e. The lowest BCUT2D eigenvalue weighted by molar-refractivity contribution is 0.103. The molecule has 1 amide bonds. The molecular formula is C20H18N4OS2. The Morgan fingerprint density at radius 1 is 1.15 bits per heavy atom. The number of hydrogen-bond donors (Lipinski definition) is 2. The van der Waals surface area contributed by atoms with Crippen molar-refractivity contribution in [3.05, 3.63) is 58.4 Å². The molecule has 3 N–H and O–H groups in total. The van der Waals surface area contributed by atoms with Gasteiger partial charge in [0.25, 0.3) is 5.91 Å². The summed E-state index contributed by atoms with van der Waals surface area (Å²) in [6.45, 7) is 2.12. The second-order valence-corrected chi connectivity index (χ2v) is 7.97. The van der Waals surface area contributed by atoms with Crippen LogP contribution < -0.4 is 11.1 Å². The number of pyridine rings is 1. The number of aromatic nitrogens is 2. The molecule has 0 atom stereocenters. The normalized spacial score (nSPS) is 11.0. The quantitative estimate of drug-likeness (QED) is 0.487. The number of carbonyl (C=O) groups is 1. The first-order chi connectivity index (χ1) is 13.2. The molecule has 136 valence electrons. The predicted molar refractivity (Wildman–Crippen MR) is 114 cm³/mol. The fourth-order valence-corrected chi connectivity index (χ4v) is 4.55. The topological polar surface area (TPSA) is 80.9 Å². The number of aryl methyl sites for hydroxylation is 1. The molecule has 4 aromatic rings. The van der Waals surface area contributed by atoms with Crippen molar-refractivity contribution in [3.63, 3.8) is 0 Å². The largest absolute Gasteiger partial charge is 0.397 e. The molecule has 0 aliphatic heterocycles. The molecule has 4 rings (SSSR count). The van der Waals surface area contributed by atoms with Gasteiger partial charge >= 0.3 is 0 Å². The minimum absolute atomic E-state index is 0.249. The number of nitrogens with one attached hydrogen (secondary N) is 1. The summed E-state index contributed by atoms with van der Waals surface area (Å²) in [6, 6.07) is 13.8. The van der Waals surface area contributed by atoms with Gasteiger partial charge in [0.1, 0.15) is 9.71 Å². The lowest BCUT2D eigenvalue weighted by Gasteiger charge is -2.00. The Labute approximate surface area is 164 Å². The van der Waals surface area contributed by atoms with Gasteiger partial charge in [0.15, 0.2) is 5.13 Å². The molecular weight excluding hydrogens is 376 g/mol. The van der Waals surface area contributed by atoms with Crippen LogP contribution in [-0.2, 0) is 6.42 Å². The average molecular weight is 395 g/mol. The van der Waals surface area contributed by atoms with Crippen LogP contribution in [0.2, 0.25) is 0 Å². The highest BCUT2D eigenvalue weighted by Crippen LogP contribution is 2.34. The number of nitrogen functional groups attached to an aromatic ring is 1. The van der Waals surface area contributed by atoms with Gasteiger partial charge in [-0.2, -0.15) is 0 Å². The van der Waals surface area contributed by atoms with E-state index in [1.807, 2.05) is 47.8 Å². The molecule has 0 spiro atoms. The number of hydrogen-bond acceptors (Lipinski definition) is 6. The van der Waals surface area contributed by atoms with Crippen molar-refractivity contribution >= 4 is 49.6 Å². The fraction of sp³-hybridized carbons (Fsp3) is 0.150. The summed E-state index contributed by atoms with van der Waals surface area (Å²) in [5.41, 5.74) is 9.56. The van der Waals surface area contributed by atoms with Crippen LogP contribution in [0, 0.1) is 0 Å². The summed E-state index contributed by atoms with van der Waals surface area (Å²) in [5, 5.41) is 6.17. The molecule has 0 saturated heterocycles. The molecule has 3 aromatic heterocycles. The molecule has 1 aromatic carbocycles. The van der Waals surface area contributed by atoms with E-state index < -0.39 is 0 Å². The molecule has 0 fully saturated rings. The molecule has 0 aliphatic carbocycles. The summed E-state index contributed by atoms with van der Waals surface area (Å²) in [7, 11) is 0. The van der Waals surface area contributed by atoms with Gasteiger partial charge in [0.05, 0.1) is 11.4 Å². The molecule has 5 nitrogen and oxygen atoms in total. The molecule has 0 bridgehead atoms. The number of rotatable bonds is 5. The van der Waals surface area contributed by atoms with Crippen molar-refractivity contribution < 1.29 is 4.79 Å². The van der Waals surface area contributed by atoms with Crippen LogP contribution in [0.4, 0.5) is 10.8 Å². The zero-order valence-corrected chi connectivity index (χ0v) is 16.4. The van der Waals surface area contributed by atoms with Crippen molar-refractivity contribution in [1.82, 2.24) is 9.97 Å². The van der Waals surface area contributed by atoms with Crippen LogP contribution in [0.1, 0.15) is 28.7 Å². The van der Waals surface area contributed by atoms with Crippen LogP contribution in [0.15, 0.2) is 47.8 Å². The number of amides is 1. The number of benzene rings is 1. The Morgan fingerprint density at radius 2 is 1.96 bits per heavy atom. The number of thiazole rings is 1. The van der Waals surface area contributed by atoms with Crippen molar-refractivity contribution in [2.24, 2.45) is 0 Å². The number of fused-ring (bicyclic) bond motifs is 1. The third-order valence-corrected chi connectivity index (χ3v) is 6.03. The molecule has 0 radical (unpaired) electrons. The Bertz CT molecular complexity index is 1100. The van der Waals surface area contributed by atoms with Gasteiger partial charge in [-0.3, -0.25) is 10.1 Å². The lowest BCUT2D eigenvalue weighted by Crippen LogP contribution is -2.11. The second-order valence-electron chi connectivity index (χ2n) is 6.11. The van der Waals surface area contributed by atoms with Gasteiger partial charge in [-0.1, -0.05) is 43.7 Å². The molecule has 0 aliphatic rings. The molecule has 0 saturated carbocycles. The van der Waals surface area contributed by atoms with E-state index in [-0.39, 0.29) is 5.91 Å². The summed E-state index contributed by atoms with van der Waals surface area (Å²) in [4.78, 5) is 23.1. The SMILES string of the molecule is CCCc1ccc2c(N)c(C(=O)Nc3nc(-c4ccccc4)cs3)sc2n1. The molecule has 0 unspecified atom stereocenters. The van der Waals surface area contributed by atoms with E-state index in [0.29, 0.717) is 15.7 Å². The van der Waals surface area contributed by atoms with E-state index >= 15 is 0 Å². The van der Waals surface area contributed by atoms with Gasteiger partial charge in [-0.15, -0.1) is 22.7 Å². The van der Waals surface area contributed by atoms with E-state index in [2.05, 4.69) is 22.2 Å². The monoisotopic (exact) mass is 394 g/mol. The number of thiophene rings is 1. The van der Waals surface area contributed by atoms with Crippen LogP contribution >= 0.6 is 22.7 Å². The Balaban J connectivity index is 1.58. The zero-order valence-electron chi connectivity index (χ0n) is 14.7. The van der Waals surface area contributed by atoms with Crippen molar-refractivity contribution in [3.8, 4) is 11.3 Å². The van der Waals surface area contributed by atoms with E-state index in [1.165, 1.54) is 22.7 Å². The van der Waals surface area contributed by atoms with Gasteiger partial charge in [0.2, 0.25) is 0 Å². The fourth-order valence-electron chi connectivity index (χ4n) is 2.83. The van der Waals surface area contributed by atoms with E-state index in [1.54, 1.807) is 0 Å². The van der Waals surface area contributed by atoms with Crippen LogP contribution in [-0.4, -0.2) is 15.9 Å². The zero-order chi connectivity index (χ0) is 18.8. The van der Waals surface area contributed by atoms with E-state index in [4.69, 9.17) is 5.73 Å². The number of anilines is 2. The maximum atomic E-state index is 12.7.